The largest absolute Gasteiger partial charge is 0.0884 e. The molecule has 13 rings (SSSR count). The Kier molecular flexibility index (Phi) is 0.940. The fourth-order valence-electron chi connectivity index (χ4n) is 16.6. The molecule has 4 spiro atoms. The Morgan fingerprint density at radius 3 is 1.14 bits per heavy atom. The zero-order valence-electron chi connectivity index (χ0n) is 12.3. The smallest absolute Gasteiger partial charge is 0.0219 e. The molecule has 0 heterocycles. The molecule has 6 unspecified atom stereocenters. The molecule has 0 N–H and O–H groups in total. The first kappa shape index (κ1) is 10.2. The first-order valence-corrected chi connectivity index (χ1v) is 11.9. The Morgan fingerprint density at radius 1 is 0.500 bits per heavy atom. The van der Waals surface area contributed by atoms with E-state index in [1.54, 1.807) is 12.8 Å². The van der Waals surface area contributed by atoms with E-state index in [9.17, 15) is 0 Å². The summed E-state index contributed by atoms with van der Waals surface area (Å²) in [6.07, 6.45) is 3.45. The number of hydrogen-bond acceptors (Lipinski definition) is 0. The SMILES string of the molecule is BrC1[C@H]2C3C4[C@@H]5C(Br)[C@H]3C36[C@H]7C[C@@H]8C9C7[C@H]7C[C@@H]9C([C@H]14)(C583)C276. The van der Waals surface area contributed by atoms with Gasteiger partial charge < -0.3 is 0 Å². The van der Waals surface area contributed by atoms with E-state index >= 15 is 0 Å². The summed E-state index contributed by atoms with van der Waals surface area (Å²) in [7, 11) is 0. The van der Waals surface area contributed by atoms with Crippen molar-refractivity contribution in [2.75, 3.05) is 0 Å². The van der Waals surface area contributed by atoms with Gasteiger partial charge >= 0.3 is 0 Å². The molecule has 13 saturated carbocycles. The molecule has 13 fully saturated rings. The molecule has 0 aromatic carbocycles. The highest BCUT2D eigenvalue weighted by atomic mass is 79.9. The standard InChI is InChI=1S/C20H18Br2/c21-15-11-9-10-12(15)18-4-1-3-7-5-2-6(8(4)7)20(18)14(10)16(22)13(9)19(5,20)17(3,11)18/h3-16H,1-2H2/t3-,4+,5+,6-,7?,8?,9?,10?,11-,12+,13+,14-,15?,16?,17?,18?,19?,20?. The minimum atomic E-state index is 0.920. The molecule has 8 bridgehead atoms. The normalized spacial score (nSPS) is 106. The predicted molar refractivity (Wildman–Crippen MR) is 86.3 cm³/mol. The molecular weight excluding hydrogens is 400 g/mol. The van der Waals surface area contributed by atoms with Crippen LogP contribution in [0.5, 0.6) is 0 Å². The number of hydrogen-bond donors (Lipinski definition) is 0. The van der Waals surface area contributed by atoms with Crippen LogP contribution in [0.4, 0.5) is 0 Å². The maximum atomic E-state index is 4.39. The average Bonchev–Trinajstić information content (AvgIpc) is 3.24. The summed E-state index contributed by atoms with van der Waals surface area (Å²) in [5.74, 6) is 14.3. The lowest BCUT2D eigenvalue weighted by Gasteiger charge is -2.74. The molecule has 14 atom stereocenters. The van der Waals surface area contributed by atoms with Crippen molar-refractivity contribution >= 4 is 31.9 Å². The van der Waals surface area contributed by atoms with Gasteiger partial charge in [0.1, 0.15) is 0 Å². The van der Waals surface area contributed by atoms with Gasteiger partial charge in [-0.05, 0) is 106 Å². The fourth-order valence-corrected chi connectivity index (χ4v) is 19.7. The van der Waals surface area contributed by atoms with Crippen molar-refractivity contribution in [1.29, 1.82) is 0 Å². The number of alkyl halides is 2. The molecule has 112 valence electrons. The zero-order chi connectivity index (χ0) is 13.5. The lowest BCUT2D eigenvalue weighted by molar-refractivity contribution is -0.297. The van der Waals surface area contributed by atoms with Gasteiger partial charge in [0.05, 0.1) is 0 Å². The van der Waals surface area contributed by atoms with Gasteiger partial charge in [-0.2, -0.15) is 0 Å². The molecule has 0 radical (unpaired) electrons. The molecular formula is C20H18Br2. The fraction of sp³-hybridized carbons (Fsp3) is 1.00. The summed E-state index contributed by atoms with van der Waals surface area (Å²) in [6.45, 7) is 0. The molecule has 0 aromatic heterocycles. The molecule has 0 amide bonds. The lowest BCUT2D eigenvalue weighted by Crippen LogP contribution is -2.73. The van der Waals surface area contributed by atoms with E-state index in [0.717, 1.165) is 55.0 Å². The molecule has 2 heteroatoms. The van der Waals surface area contributed by atoms with Crippen LogP contribution in [0.25, 0.3) is 0 Å². The Morgan fingerprint density at radius 2 is 0.818 bits per heavy atom. The highest BCUT2D eigenvalue weighted by Gasteiger charge is 3.21. The van der Waals surface area contributed by atoms with E-state index in [2.05, 4.69) is 31.9 Å². The van der Waals surface area contributed by atoms with Crippen LogP contribution in [-0.4, -0.2) is 9.65 Å². The van der Waals surface area contributed by atoms with Gasteiger partial charge in [0.2, 0.25) is 0 Å². The van der Waals surface area contributed by atoms with Crippen LogP contribution in [0.15, 0.2) is 0 Å². The maximum Gasteiger partial charge on any atom is 0.0219 e. The summed E-state index contributed by atoms with van der Waals surface area (Å²) in [5.41, 5.74) is 3.68. The second-order valence-corrected chi connectivity index (χ2v) is 13.8. The van der Waals surface area contributed by atoms with Crippen molar-refractivity contribution in [2.45, 2.75) is 22.5 Å². The lowest BCUT2D eigenvalue weighted by atomic mass is 9.28. The molecule has 22 heavy (non-hydrogen) atoms. The van der Waals surface area contributed by atoms with E-state index in [-0.39, 0.29) is 0 Å². The van der Waals surface area contributed by atoms with E-state index in [4.69, 9.17) is 0 Å². The van der Waals surface area contributed by atoms with Gasteiger partial charge in [0.25, 0.3) is 0 Å². The molecule has 13 aliphatic carbocycles. The van der Waals surface area contributed by atoms with Crippen molar-refractivity contribution < 1.29 is 0 Å². The van der Waals surface area contributed by atoms with Gasteiger partial charge in [0, 0.05) is 9.65 Å². The van der Waals surface area contributed by atoms with Gasteiger partial charge in [-0.15, -0.1) is 0 Å². The minimum Gasteiger partial charge on any atom is -0.0884 e. The molecule has 13 aliphatic rings. The van der Waals surface area contributed by atoms with Gasteiger partial charge in [-0.3, -0.25) is 0 Å². The minimum absolute atomic E-state index is 0.920. The molecule has 0 nitrogen and oxygen atoms in total. The summed E-state index contributed by atoms with van der Waals surface area (Å²) in [5, 5.41) is 0. The molecule has 0 aliphatic heterocycles. The number of rotatable bonds is 0. The highest BCUT2D eigenvalue weighted by molar-refractivity contribution is 9.09. The molecule has 0 aromatic rings. The van der Waals surface area contributed by atoms with Crippen LogP contribution < -0.4 is 0 Å². The Hall–Kier alpha value is 0.960. The van der Waals surface area contributed by atoms with Crippen molar-refractivity contribution in [2.24, 2.45) is 92.7 Å². The summed E-state index contributed by atoms with van der Waals surface area (Å²) < 4.78 is 0. The van der Waals surface area contributed by atoms with Crippen LogP contribution in [0.1, 0.15) is 12.8 Å². The molecule has 0 saturated heterocycles. The first-order valence-electron chi connectivity index (χ1n) is 10.0. The van der Waals surface area contributed by atoms with Gasteiger partial charge in [0.15, 0.2) is 0 Å². The zero-order valence-corrected chi connectivity index (χ0v) is 15.4. The van der Waals surface area contributed by atoms with Crippen LogP contribution in [0, 0.1) is 92.7 Å². The van der Waals surface area contributed by atoms with Crippen molar-refractivity contribution in [3.63, 3.8) is 0 Å². The van der Waals surface area contributed by atoms with Crippen LogP contribution in [0.2, 0.25) is 0 Å². The highest BCUT2D eigenvalue weighted by Crippen LogP contribution is 3.23. The Balaban J connectivity index is 1.53. The second-order valence-electron chi connectivity index (χ2n) is 11.7. The summed E-state index contributed by atoms with van der Waals surface area (Å²) >= 11 is 8.77. The number of halogens is 2. The topological polar surface area (TPSA) is 0 Å². The quantitative estimate of drug-likeness (QED) is 0.526. The second kappa shape index (κ2) is 2.03. The third kappa shape index (κ3) is 0.376. The van der Waals surface area contributed by atoms with E-state index in [1.807, 2.05) is 0 Å². The third-order valence-electron chi connectivity index (χ3n) is 14.0. The van der Waals surface area contributed by atoms with E-state index in [1.165, 1.54) is 47.3 Å². The Labute approximate surface area is 146 Å². The van der Waals surface area contributed by atoms with Crippen molar-refractivity contribution in [1.82, 2.24) is 0 Å². The van der Waals surface area contributed by atoms with Gasteiger partial charge in [-0.1, -0.05) is 31.9 Å². The van der Waals surface area contributed by atoms with Crippen LogP contribution >= 0.6 is 31.9 Å². The maximum absolute atomic E-state index is 4.39. The van der Waals surface area contributed by atoms with Crippen molar-refractivity contribution in [3.05, 3.63) is 0 Å². The monoisotopic (exact) mass is 416 g/mol. The van der Waals surface area contributed by atoms with E-state index in [0.29, 0.717) is 0 Å². The first-order chi connectivity index (χ1) is 10.8. The third-order valence-corrected chi connectivity index (χ3v) is 16.3. The van der Waals surface area contributed by atoms with Crippen molar-refractivity contribution in [3.8, 4) is 0 Å². The summed E-state index contributed by atoms with van der Waals surface area (Å²) in [4.78, 5) is 1.91. The van der Waals surface area contributed by atoms with Gasteiger partial charge in [-0.25, -0.2) is 0 Å². The van der Waals surface area contributed by atoms with Crippen LogP contribution in [0.3, 0.4) is 0 Å². The van der Waals surface area contributed by atoms with E-state index < -0.39 is 0 Å². The van der Waals surface area contributed by atoms with Crippen LogP contribution in [-0.2, 0) is 0 Å². The average molecular weight is 418 g/mol. The summed E-state index contributed by atoms with van der Waals surface area (Å²) in [6, 6.07) is 0. The predicted octanol–water partition coefficient (Wildman–Crippen LogP) is 3.78. The Bertz CT molecular complexity index is 694.